The predicted molar refractivity (Wildman–Crippen MR) is 95.6 cm³/mol. The molecule has 0 aliphatic heterocycles. The molecule has 1 N–H and O–H groups in total. The third-order valence-corrected chi connectivity index (χ3v) is 6.01. The molecule has 1 amide bonds. The van der Waals surface area contributed by atoms with Crippen molar-refractivity contribution in [1.82, 2.24) is 4.72 Å². The molecule has 0 radical (unpaired) electrons. The van der Waals surface area contributed by atoms with Crippen molar-refractivity contribution in [2.45, 2.75) is 16.7 Å². The van der Waals surface area contributed by atoms with E-state index in [1.54, 1.807) is 42.0 Å². The second kappa shape index (κ2) is 8.15. The highest BCUT2D eigenvalue weighted by Gasteiger charge is 2.18. The zero-order chi connectivity index (χ0) is 19.2. The Morgan fingerprint density at radius 3 is 2.19 bits per heavy atom. The van der Waals surface area contributed by atoms with Gasteiger partial charge < -0.3 is 4.74 Å². The van der Waals surface area contributed by atoms with Crippen LogP contribution < -0.4 is 4.72 Å². The maximum Gasteiger partial charge on any atom is 0.421 e. The van der Waals surface area contributed by atoms with Crippen molar-refractivity contribution in [3.8, 4) is 0 Å². The van der Waals surface area contributed by atoms with Crippen LogP contribution in [-0.4, -0.2) is 29.5 Å². The molecule has 0 fully saturated rings. The Hall–Kier alpha value is -2.65. The Balaban J connectivity index is 1.92. The topological polar surface area (TPSA) is 107 Å². The van der Waals surface area contributed by atoms with Gasteiger partial charge in [-0.05, 0) is 37.3 Å². The van der Waals surface area contributed by atoms with Gasteiger partial charge in [0.2, 0.25) is 0 Å². The molecule has 0 bridgehead atoms. The fraction of sp³-hybridized carbons (Fsp3) is 0.118. The van der Waals surface area contributed by atoms with Crippen molar-refractivity contribution in [1.29, 1.82) is 0 Å². The van der Waals surface area contributed by atoms with E-state index in [2.05, 4.69) is 4.74 Å². The minimum absolute atomic E-state index is 0.0813. The molecule has 0 aliphatic rings. The largest absolute Gasteiger partial charge is 0.445 e. The van der Waals surface area contributed by atoms with Crippen molar-refractivity contribution in [3.63, 3.8) is 0 Å². The third kappa shape index (κ3) is 5.43. The number of ether oxygens (including phenoxy) is 1. The van der Waals surface area contributed by atoms with Crippen LogP contribution in [0.15, 0.2) is 75.9 Å². The maximum atomic E-state index is 12.0. The number of nitrogens with one attached hydrogen (secondary N) is 1. The van der Waals surface area contributed by atoms with Gasteiger partial charge in [0.15, 0.2) is 9.84 Å². The molecule has 0 aliphatic carbocycles. The summed E-state index contributed by atoms with van der Waals surface area (Å²) >= 11 is 0. The lowest BCUT2D eigenvalue weighted by Gasteiger charge is -2.07. The van der Waals surface area contributed by atoms with Crippen molar-refractivity contribution >= 4 is 26.0 Å². The van der Waals surface area contributed by atoms with Gasteiger partial charge in [0, 0.05) is 5.41 Å². The number of hydrogen-bond donors (Lipinski definition) is 1. The number of carbonyl (C=O) groups excluding carboxylic acids is 1. The lowest BCUT2D eigenvalue weighted by atomic mass is 10.2. The number of amides is 1. The van der Waals surface area contributed by atoms with Gasteiger partial charge in [-0.25, -0.2) is 26.4 Å². The molecule has 2 rings (SSSR count). The van der Waals surface area contributed by atoms with Crippen LogP contribution in [0.4, 0.5) is 4.79 Å². The van der Waals surface area contributed by atoms with E-state index in [1.165, 1.54) is 24.3 Å². The van der Waals surface area contributed by atoms with Crippen LogP contribution >= 0.6 is 0 Å². The molecule has 26 heavy (non-hydrogen) atoms. The summed E-state index contributed by atoms with van der Waals surface area (Å²) in [5, 5.41) is 0.893. The van der Waals surface area contributed by atoms with Gasteiger partial charge in [-0.15, -0.1) is 0 Å². The van der Waals surface area contributed by atoms with Gasteiger partial charge in [-0.2, -0.15) is 0 Å². The van der Waals surface area contributed by atoms with Gasteiger partial charge in [0.05, 0.1) is 9.79 Å². The molecule has 2 aromatic rings. The molecule has 9 heteroatoms. The molecular formula is C17H17NO6S2. The van der Waals surface area contributed by atoms with Crippen molar-refractivity contribution in [2.75, 3.05) is 6.61 Å². The normalized spacial score (nSPS) is 12.0. The second-order valence-electron chi connectivity index (χ2n) is 5.25. The summed E-state index contributed by atoms with van der Waals surface area (Å²) in [6, 6.07) is 13.6. The second-order valence-corrected chi connectivity index (χ2v) is 8.76. The smallest absolute Gasteiger partial charge is 0.421 e. The number of carbonyl (C=O) groups is 1. The first-order chi connectivity index (χ1) is 12.2. The molecule has 0 heterocycles. The minimum Gasteiger partial charge on any atom is -0.445 e. The maximum absolute atomic E-state index is 12.0. The monoisotopic (exact) mass is 395 g/mol. The molecule has 0 atom stereocenters. The summed E-state index contributed by atoms with van der Waals surface area (Å²) < 4.78 is 54.4. The van der Waals surface area contributed by atoms with Crippen molar-refractivity contribution in [3.05, 3.63) is 71.6 Å². The fourth-order valence-electron chi connectivity index (χ4n) is 1.89. The van der Waals surface area contributed by atoms with Crippen LogP contribution in [0.2, 0.25) is 0 Å². The van der Waals surface area contributed by atoms with Crippen LogP contribution in [0.3, 0.4) is 0 Å². The summed E-state index contributed by atoms with van der Waals surface area (Å²) in [5.41, 5.74) is 0.872. The Morgan fingerprint density at radius 2 is 1.58 bits per heavy atom. The van der Waals surface area contributed by atoms with E-state index in [4.69, 9.17) is 0 Å². The highest BCUT2D eigenvalue weighted by Crippen LogP contribution is 2.11. The van der Waals surface area contributed by atoms with Crippen LogP contribution in [0, 0.1) is 6.92 Å². The number of rotatable bonds is 6. The van der Waals surface area contributed by atoms with Gasteiger partial charge in [0.1, 0.15) is 6.61 Å². The fourth-order valence-corrected chi connectivity index (χ4v) is 3.81. The van der Waals surface area contributed by atoms with E-state index in [0.717, 1.165) is 17.0 Å². The molecule has 0 aromatic heterocycles. The standard InChI is InChI=1S/C17H17NO6S2/c1-14-8-10-16(11-9-14)26(22,23)18-17(19)24-12-5-13-25(20,21)15-6-3-2-4-7-15/h2-11,13H,12H2,1H3,(H,18,19)/b13-5+. The van der Waals surface area contributed by atoms with Gasteiger partial charge >= 0.3 is 6.09 Å². The van der Waals surface area contributed by atoms with E-state index in [9.17, 15) is 21.6 Å². The minimum atomic E-state index is -4.05. The molecule has 7 nitrogen and oxygen atoms in total. The number of benzene rings is 2. The predicted octanol–water partition coefficient (Wildman–Crippen LogP) is 2.40. The Kier molecular flexibility index (Phi) is 6.17. The molecule has 2 aromatic carbocycles. The van der Waals surface area contributed by atoms with Crippen LogP contribution in [0.25, 0.3) is 0 Å². The highest BCUT2D eigenvalue weighted by molar-refractivity contribution is 7.94. The van der Waals surface area contributed by atoms with Gasteiger partial charge in [0.25, 0.3) is 10.0 Å². The van der Waals surface area contributed by atoms with Gasteiger partial charge in [-0.3, -0.25) is 0 Å². The van der Waals surface area contributed by atoms with Crippen LogP contribution in [0.1, 0.15) is 5.56 Å². The first kappa shape index (κ1) is 19.7. The molecular weight excluding hydrogens is 378 g/mol. The zero-order valence-corrected chi connectivity index (χ0v) is 15.5. The SMILES string of the molecule is Cc1ccc(S(=O)(=O)NC(=O)OC/C=C/S(=O)(=O)c2ccccc2)cc1. The number of sulfonamides is 1. The average Bonchev–Trinajstić information content (AvgIpc) is 2.59. The Bertz CT molecular complexity index is 995. The van der Waals surface area contributed by atoms with Crippen molar-refractivity contribution in [2.24, 2.45) is 0 Å². The molecule has 0 saturated heterocycles. The van der Waals surface area contributed by atoms with E-state index in [0.29, 0.717) is 0 Å². The van der Waals surface area contributed by atoms with E-state index in [1.807, 2.05) is 0 Å². The number of hydrogen-bond acceptors (Lipinski definition) is 6. The zero-order valence-electron chi connectivity index (χ0n) is 13.8. The van der Waals surface area contributed by atoms with Crippen molar-refractivity contribution < 1.29 is 26.4 Å². The Morgan fingerprint density at radius 1 is 0.962 bits per heavy atom. The van der Waals surface area contributed by atoms with Crippen LogP contribution in [0.5, 0.6) is 0 Å². The summed E-state index contributed by atoms with van der Waals surface area (Å²) in [4.78, 5) is 11.6. The van der Waals surface area contributed by atoms with E-state index < -0.39 is 32.6 Å². The van der Waals surface area contributed by atoms with E-state index in [-0.39, 0.29) is 9.79 Å². The third-order valence-electron chi connectivity index (χ3n) is 3.21. The molecule has 0 unspecified atom stereocenters. The highest BCUT2D eigenvalue weighted by atomic mass is 32.2. The van der Waals surface area contributed by atoms with Crippen LogP contribution in [-0.2, 0) is 24.6 Å². The quantitative estimate of drug-likeness (QED) is 0.805. The lowest BCUT2D eigenvalue weighted by molar-refractivity contribution is 0.165. The summed E-state index contributed by atoms with van der Waals surface area (Å²) in [6.07, 6.45) is -0.0900. The summed E-state index contributed by atoms with van der Waals surface area (Å²) in [7, 11) is -7.70. The number of aryl methyl sites for hydroxylation is 1. The molecule has 0 spiro atoms. The van der Waals surface area contributed by atoms with E-state index >= 15 is 0 Å². The first-order valence-electron chi connectivity index (χ1n) is 7.44. The average molecular weight is 395 g/mol. The lowest BCUT2D eigenvalue weighted by Crippen LogP contribution is -2.31. The molecule has 138 valence electrons. The first-order valence-corrected chi connectivity index (χ1v) is 10.5. The Labute approximate surface area is 152 Å². The summed E-state index contributed by atoms with van der Waals surface area (Å²) in [6.45, 7) is 1.40. The van der Waals surface area contributed by atoms with Gasteiger partial charge in [-0.1, -0.05) is 35.9 Å². The summed E-state index contributed by atoms with van der Waals surface area (Å²) in [5.74, 6) is 0. The number of sulfone groups is 1. The molecule has 0 saturated carbocycles.